The molecule has 0 spiro atoms. The number of rotatable bonds is 4. The molecule has 0 radical (unpaired) electrons. The van der Waals surface area contributed by atoms with E-state index in [0.29, 0.717) is 6.61 Å². The quantitative estimate of drug-likeness (QED) is 0.890. The topological polar surface area (TPSA) is 35.2 Å². The number of para-hydroxylation sites is 1. The molecule has 2 rings (SSSR count). The number of ether oxygens (including phenoxy) is 1. The summed E-state index contributed by atoms with van der Waals surface area (Å²) >= 11 is 0. The number of hydrogen-bond acceptors (Lipinski definition) is 2. The lowest BCUT2D eigenvalue weighted by Crippen LogP contribution is -2.14. The Hall–Kier alpha value is -1.80. The van der Waals surface area contributed by atoms with Crippen molar-refractivity contribution in [2.45, 2.75) is 19.9 Å². The van der Waals surface area contributed by atoms with Gasteiger partial charge >= 0.3 is 0 Å². The molecule has 2 nitrogen and oxygen atoms in total. The van der Waals surface area contributed by atoms with Crippen LogP contribution in [0.4, 0.5) is 0 Å². The van der Waals surface area contributed by atoms with Crippen LogP contribution in [-0.2, 0) is 0 Å². The monoisotopic (exact) mass is 241 g/mol. The Bertz CT molecular complexity index is 522. The van der Waals surface area contributed by atoms with Crippen LogP contribution in [0.1, 0.15) is 29.7 Å². The minimum atomic E-state index is -0.144. The van der Waals surface area contributed by atoms with Crippen molar-refractivity contribution in [3.63, 3.8) is 0 Å². The highest BCUT2D eigenvalue weighted by atomic mass is 16.5. The standard InChI is InChI=1S/C16H19NO/c1-3-18-15-11-7-6-10-14(15)16(17)13-9-5-4-8-12(13)2/h4-11,16H,3,17H2,1-2H3. The van der Waals surface area contributed by atoms with Crippen molar-refractivity contribution in [3.05, 3.63) is 65.2 Å². The van der Waals surface area contributed by atoms with Crippen LogP contribution in [0.2, 0.25) is 0 Å². The normalized spacial score (nSPS) is 12.2. The molecule has 0 aromatic heterocycles. The highest BCUT2D eigenvalue weighted by Crippen LogP contribution is 2.29. The van der Waals surface area contributed by atoms with Crippen LogP contribution >= 0.6 is 0 Å². The molecule has 0 saturated heterocycles. The number of hydrogen-bond donors (Lipinski definition) is 1. The number of aryl methyl sites for hydroxylation is 1. The molecule has 1 unspecified atom stereocenters. The van der Waals surface area contributed by atoms with Crippen molar-refractivity contribution in [1.82, 2.24) is 0 Å². The largest absolute Gasteiger partial charge is 0.494 e. The third-order valence-corrected chi connectivity index (χ3v) is 3.08. The Balaban J connectivity index is 2.40. The SMILES string of the molecule is CCOc1ccccc1C(N)c1ccccc1C. The Labute approximate surface area is 108 Å². The fourth-order valence-electron chi connectivity index (χ4n) is 2.13. The molecule has 2 aromatic carbocycles. The van der Waals surface area contributed by atoms with Gasteiger partial charge in [-0.3, -0.25) is 0 Å². The van der Waals surface area contributed by atoms with Crippen LogP contribution < -0.4 is 10.5 Å². The first kappa shape index (κ1) is 12.7. The summed E-state index contributed by atoms with van der Waals surface area (Å²) in [5.74, 6) is 0.871. The average molecular weight is 241 g/mol. The molecule has 0 bridgehead atoms. The Kier molecular flexibility index (Phi) is 4.00. The maximum absolute atomic E-state index is 6.37. The molecular weight excluding hydrogens is 222 g/mol. The van der Waals surface area contributed by atoms with Crippen molar-refractivity contribution in [3.8, 4) is 5.75 Å². The third kappa shape index (κ3) is 2.54. The van der Waals surface area contributed by atoms with E-state index in [1.807, 2.05) is 43.3 Å². The molecule has 94 valence electrons. The van der Waals surface area contributed by atoms with Gasteiger partial charge in [0.15, 0.2) is 0 Å². The summed E-state index contributed by atoms with van der Waals surface area (Å²) in [5.41, 5.74) is 9.75. The van der Waals surface area contributed by atoms with E-state index in [1.165, 1.54) is 5.56 Å². The van der Waals surface area contributed by atoms with Gasteiger partial charge in [-0.2, -0.15) is 0 Å². The molecule has 0 aliphatic heterocycles. The van der Waals surface area contributed by atoms with E-state index in [0.717, 1.165) is 16.9 Å². The highest BCUT2D eigenvalue weighted by molar-refractivity contribution is 5.43. The van der Waals surface area contributed by atoms with Crippen molar-refractivity contribution in [2.24, 2.45) is 5.73 Å². The first-order valence-corrected chi connectivity index (χ1v) is 6.27. The lowest BCUT2D eigenvalue weighted by molar-refractivity contribution is 0.335. The smallest absolute Gasteiger partial charge is 0.124 e. The van der Waals surface area contributed by atoms with E-state index >= 15 is 0 Å². The van der Waals surface area contributed by atoms with Gasteiger partial charge in [-0.1, -0.05) is 42.5 Å². The summed E-state index contributed by atoms with van der Waals surface area (Å²) in [6.07, 6.45) is 0. The highest BCUT2D eigenvalue weighted by Gasteiger charge is 2.15. The summed E-state index contributed by atoms with van der Waals surface area (Å²) in [6.45, 7) is 4.71. The molecule has 0 aliphatic rings. The zero-order valence-electron chi connectivity index (χ0n) is 10.9. The van der Waals surface area contributed by atoms with E-state index < -0.39 is 0 Å². The fourth-order valence-corrected chi connectivity index (χ4v) is 2.13. The second-order valence-electron chi connectivity index (χ2n) is 4.31. The molecule has 0 fully saturated rings. The molecule has 0 heterocycles. The second-order valence-corrected chi connectivity index (χ2v) is 4.31. The molecule has 0 aliphatic carbocycles. The maximum Gasteiger partial charge on any atom is 0.124 e. The summed E-state index contributed by atoms with van der Waals surface area (Å²) in [5, 5.41) is 0. The van der Waals surface area contributed by atoms with Gasteiger partial charge < -0.3 is 10.5 Å². The molecular formula is C16H19NO. The van der Waals surface area contributed by atoms with Gasteiger partial charge in [0.25, 0.3) is 0 Å². The van der Waals surface area contributed by atoms with Crippen molar-refractivity contribution in [2.75, 3.05) is 6.61 Å². The Morgan fingerprint density at radius 1 is 1.00 bits per heavy atom. The minimum absolute atomic E-state index is 0.144. The first-order chi connectivity index (χ1) is 8.74. The Morgan fingerprint density at radius 2 is 1.61 bits per heavy atom. The van der Waals surface area contributed by atoms with E-state index in [9.17, 15) is 0 Å². The predicted octanol–water partition coefficient (Wildman–Crippen LogP) is 3.44. The molecule has 2 N–H and O–H groups in total. The zero-order valence-corrected chi connectivity index (χ0v) is 10.9. The van der Waals surface area contributed by atoms with Gasteiger partial charge in [0.1, 0.15) is 5.75 Å². The van der Waals surface area contributed by atoms with Crippen LogP contribution in [0.25, 0.3) is 0 Å². The predicted molar refractivity (Wildman–Crippen MR) is 74.8 cm³/mol. The summed E-state index contributed by atoms with van der Waals surface area (Å²) in [6, 6.07) is 16.0. The molecule has 0 saturated carbocycles. The summed E-state index contributed by atoms with van der Waals surface area (Å²) < 4.78 is 5.64. The van der Waals surface area contributed by atoms with Gasteiger partial charge in [0, 0.05) is 5.56 Å². The number of nitrogens with two attached hydrogens (primary N) is 1. The lowest BCUT2D eigenvalue weighted by atomic mass is 9.95. The fraction of sp³-hybridized carbons (Fsp3) is 0.250. The van der Waals surface area contributed by atoms with Gasteiger partial charge in [0.2, 0.25) is 0 Å². The first-order valence-electron chi connectivity index (χ1n) is 6.27. The van der Waals surface area contributed by atoms with Crippen molar-refractivity contribution in [1.29, 1.82) is 0 Å². The minimum Gasteiger partial charge on any atom is -0.494 e. The maximum atomic E-state index is 6.37. The zero-order chi connectivity index (χ0) is 13.0. The van der Waals surface area contributed by atoms with Gasteiger partial charge in [-0.15, -0.1) is 0 Å². The number of benzene rings is 2. The van der Waals surface area contributed by atoms with Crippen LogP contribution in [-0.4, -0.2) is 6.61 Å². The van der Waals surface area contributed by atoms with E-state index in [2.05, 4.69) is 19.1 Å². The van der Waals surface area contributed by atoms with Gasteiger partial charge in [-0.05, 0) is 31.0 Å². The summed E-state index contributed by atoms with van der Waals surface area (Å²) in [7, 11) is 0. The third-order valence-electron chi connectivity index (χ3n) is 3.08. The molecule has 1 atom stereocenters. The van der Waals surface area contributed by atoms with Crippen LogP contribution in [0.15, 0.2) is 48.5 Å². The van der Waals surface area contributed by atoms with Gasteiger partial charge in [0.05, 0.1) is 12.6 Å². The average Bonchev–Trinajstić information content (AvgIpc) is 2.40. The van der Waals surface area contributed by atoms with E-state index in [1.54, 1.807) is 0 Å². The van der Waals surface area contributed by atoms with Crippen LogP contribution in [0, 0.1) is 6.92 Å². The second kappa shape index (κ2) is 5.69. The van der Waals surface area contributed by atoms with Crippen LogP contribution in [0.5, 0.6) is 5.75 Å². The molecule has 2 heteroatoms. The molecule has 0 amide bonds. The van der Waals surface area contributed by atoms with Crippen molar-refractivity contribution >= 4 is 0 Å². The lowest BCUT2D eigenvalue weighted by Gasteiger charge is -2.18. The van der Waals surface area contributed by atoms with Crippen LogP contribution in [0.3, 0.4) is 0 Å². The van der Waals surface area contributed by atoms with Gasteiger partial charge in [-0.25, -0.2) is 0 Å². The molecule has 18 heavy (non-hydrogen) atoms. The van der Waals surface area contributed by atoms with E-state index in [-0.39, 0.29) is 6.04 Å². The Morgan fingerprint density at radius 3 is 2.28 bits per heavy atom. The van der Waals surface area contributed by atoms with Crippen molar-refractivity contribution < 1.29 is 4.74 Å². The molecule has 2 aromatic rings. The van der Waals surface area contributed by atoms with E-state index in [4.69, 9.17) is 10.5 Å². The summed E-state index contributed by atoms with van der Waals surface area (Å²) in [4.78, 5) is 0.